The Kier molecular flexibility index (Phi) is 6.34. The molecule has 0 saturated carbocycles. The quantitative estimate of drug-likeness (QED) is 0.628. The number of nitrogens with one attached hydrogen (secondary N) is 1. The topological polar surface area (TPSA) is 67.9 Å². The van der Waals surface area contributed by atoms with Gasteiger partial charge in [0, 0.05) is 25.7 Å². The van der Waals surface area contributed by atoms with Crippen molar-refractivity contribution in [3.63, 3.8) is 0 Å². The van der Waals surface area contributed by atoms with Crippen molar-refractivity contribution in [2.75, 3.05) is 40.0 Å². The molecule has 1 aliphatic heterocycles. The summed E-state index contributed by atoms with van der Waals surface area (Å²) in [5, 5.41) is 1.92. The number of rotatable bonds is 7. The summed E-state index contributed by atoms with van der Waals surface area (Å²) in [6, 6.07) is 20.6. The van der Waals surface area contributed by atoms with E-state index in [-0.39, 0.29) is 17.5 Å². The van der Waals surface area contributed by atoms with E-state index >= 15 is 0 Å². The molecule has 4 rings (SSSR count). The molecule has 158 valence electrons. The molecule has 3 aromatic carbocycles. The van der Waals surface area contributed by atoms with Crippen LogP contribution in [0.25, 0.3) is 10.8 Å². The Labute approximate surface area is 177 Å². The fourth-order valence-electron chi connectivity index (χ4n) is 3.78. The molecule has 6 nitrogen and oxygen atoms in total. The van der Waals surface area contributed by atoms with Crippen LogP contribution in [0, 0.1) is 0 Å². The number of fused-ring (bicyclic) bond motifs is 1. The molecular weight excluding hydrogens is 400 g/mol. The van der Waals surface area contributed by atoms with E-state index < -0.39 is 10.0 Å². The Balaban J connectivity index is 1.56. The van der Waals surface area contributed by atoms with Gasteiger partial charge in [-0.2, -0.15) is 0 Å². The minimum Gasteiger partial charge on any atom is -0.497 e. The number of nitrogens with zero attached hydrogens (tertiary/aromatic N) is 1. The minimum absolute atomic E-state index is 0.0879. The third kappa shape index (κ3) is 4.65. The number of benzene rings is 3. The van der Waals surface area contributed by atoms with Crippen LogP contribution in [-0.2, 0) is 14.8 Å². The fraction of sp³-hybridized carbons (Fsp3) is 0.304. The van der Waals surface area contributed by atoms with Crippen molar-refractivity contribution in [1.82, 2.24) is 9.62 Å². The third-order valence-corrected chi connectivity index (χ3v) is 6.91. The van der Waals surface area contributed by atoms with Gasteiger partial charge in [-0.15, -0.1) is 0 Å². The number of hydrogen-bond acceptors (Lipinski definition) is 5. The predicted molar refractivity (Wildman–Crippen MR) is 117 cm³/mol. The van der Waals surface area contributed by atoms with Gasteiger partial charge in [0.2, 0.25) is 10.0 Å². The molecular formula is C23H26N2O4S. The first kappa shape index (κ1) is 20.8. The van der Waals surface area contributed by atoms with Crippen molar-refractivity contribution < 1.29 is 17.9 Å². The zero-order valence-electron chi connectivity index (χ0n) is 17.0. The molecule has 0 radical (unpaired) electrons. The maximum absolute atomic E-state index is 13.0. The standard InChI is InChI=1S/C23H26N2O4S/c1-28-21-9-6-19(7-10-21)23(25-12-14-29-15-13-25)17-24-30(26,27)22-11-8-18-4-2-3-5-20(18)16-22/h2-11,16,23-24H,12-15,17H2,1H3. The SMILES string of the molecule is COc1ccc(C(CNS(=O)(=O)c2ccc3ccccc3c2)N2CCOCC2)cc1. The van der Waals surface area contributed by atoms with E-state index in [4.69, 9.17) is 9.47 Å². The number of methoxy groups -OCH3 is 1. The van der Waals surface area contributed by atoms with E-state index in [0.29, 0.717) is 13.2 Å². The molecule has 1 atom stereocenters. The van der Waals surface area contributed by atoms with Gasteiger partial charge >= 0.3 is 0 Å². The second kappa shape index (κ2) is 9.14. The summed E-state index contributed by atoms with van der Waals surface area (Å²) in [7, 11) is -2.01. The smallest absolute Gasteiger partial charge is 0.240 e. The summed E-state index contributed by atoms with van der Waals surface area (Å²) in [6.07, 6.45) is 0. The number of sulfonamides is 1. The molecule has 1 fully saturated rings. The summed E-state index contributed by atoms with van der Waals surface area (Å²) in [4.78, 5) is 2.53. The molecule has 7 heteroatoms. The first-order valence-electron chi connectivity index (χ1n) is 10.0. The first-order valence-corrected chi connectivity index (χ1v) is 11.5. The van der Waals surface area contributed by atoms with Gasteiger partial charge < -0.3 is 9.47 Å². The highest BCUT2D eigenvalue weighted by Gasteiger charge is 2.25. The fourth-order valence-corrected chi connectivity index (χ4v) is 4.85. The van der Waals surface area contributed by atoms with Gasteiger partial charge in [-0.05, 0) is 40.6 Å². The normalized spacial score (nSPS) is 16.4. The second-order valence-electron chi connectivity index (χ2n) is 7.30. The second-order valence-corrected chi connectivity index (χ2v) is 9.07. The first-order chi connectivity index (χ1) is 14.6. The summed E-state index contributed by atoms with van der Waals surface area (Å²) in [5.74, 6) is 0.774. The predicted octanol–water partition coefficient (Wildman–Crippen LogP) is 3.20. The highest BCUT2D eigenvalue weighted by atomic mass is 32.2. The van der Waals surface area contributed by atoms with Crippen molar-refractivity contribution in [2.24, 2.45) is 0 Å². The molecule has 0 bridgehead atoms. The number of hydrogen-bond donors (Lipinski definition) is 1. The van der Waals surface area contributed by atoms with E-state index in [2.05, 4.69) is 9.62 Å². The van der Waals surface area contributed by atoms with Crippen LogP contribution in [-0.4, -0.2) is 53.3 Å². The summed E-state index contributed by atoms with van der Waals surface area (Å²) >= 11 is 0. The lowest BCUT2D eigenvalue weighted by Crippen LogP contribution is -2.43. The molecule has 1 saturated heterocycles. The van der Waals surface area contributed by atoms with Gasteiger partial charge in [0.25, 0.3) is 0 Å². The lowest BCUT2D eigenvalue weighted by atomic mass is 10.0. The summed E-state index contributed by atoms with van der Waals surface area (Å²) < 4.78 is 39.6. The molecule has 1 heterocycles. The van der Waals surface area contributed by atoms with Gasteiger partial charge in [-0.3, -0.25) is 4.90 Å². The largest absolute Gasteiger partial charge is 0.497 e. The van der Waals surface area contributed by atoms with Crippen LogP contribution in [0.3, 0.4) is 0 Å². The third-order valence-electron chi connectivity index (χ3n) is 5.48. The Morgan fingerprint density at radius 2 is 1.70 bits per heavy atom. The van der Waals surface area contributed by atoms with E-state index in [1.807, 2.05) is 54.6 Å². The average Bonchev–Trinajstić information content (AvgIpc) is 2.80. The average molecular weight is 427 g/mol. The molecule has 3 aromatic rings. The monoisotopic (exact) mass is 426 g/mol. The molecule has 0 aliphatic carbocycles. The van der Waals surface area contributed by atoms with Crippen LogP contribution in [0.2, 0.25) is 0 Å². The lowest BCUT2D eigenvalue weighted by Gasteiger charge is -2.35. The van der Waals surface area contributed by atoms with Crippen molar-refractivity contribution in [1.29, 1.82) is 0 Å². The van der Waals surface area contributed by atoms with Gasteiger partial charge in [0.05, 0.1) is 25.2 Å². The zero-order chi connectivity index (χ0) is 21.0. The van der Waals surface area contributed by atoms with Gasteiger partial charge in [-0.25, -0.2) is 13.1 Å². The Bertz CT molecular complexity index is 1090. The summed E-state index contributed by atoms with van der Waals surface area (Å²) in [6.45, 7) is 3.08. The maximum atomic E-state index is 13.0. The van der Waals surface area contributed by atoms with Crippen molar-refractivity contribution in [3.8, 4) is 5.75 Å². The van der Waals surface area contributed by atoms with Gasteiger partial charge in [-0.1, -0.05) is 42.5 Å². The van der Waals surface area contributed by atoms with Gasteiger partial charge in [0.1, 0.15) is 5.75 Å². The maximum Gasteiger partial charge on any atom is 0.240 e. The van der Waals surface area contributed by atoms with Crippen LogP contribution >= 0.6 is 0 Å². The van der Waals surface area contributed by atoms with E-state index in [0.717, 1.165) is 35.2 Å². The van der Waals surface area contributed by atoms with Crippen molar-refractivity contribution >= 4 is 20.8 Å². The molecule has 30 heavy (non-hydrogen) atoms. The zero-order valence-corrected chi connectivity index (χ0v) is 17.8. The molecule has 1 aliphatic rings. The minimum atomic E-state index is -3.64. The van der Waals surface area contributed by atoms with Crippen LogP contribution in [0.5, 0.6) is 5.75 Å². The highest BCUT2D eigenvalue weighted by molar-refractivity contribution is 7.89. The van der Waals surface area contributed by atoms with Crippen LogP contribution in [0.1, 0.15) is 11.6 Å². The Hall–Kier alpha value is -2.45. The molecule has 1 unspecified atom stereocenters. The van der Waals surface area contributed by atoms with Crippen molar-refractivity contribution in [3.05, 3.63) is 72.3 Å². The highest BCUT2D eigenvalue weighted by Crippen LogP contribution is 2.25. The molecule has 0 aromatic heterocycles. The summed E-state index contributed by atoms with van der Waals surface area (Å²) in [5.41, 5.74) is 1.04. The molecule has 0 spiro atoms. The Morgan fingerprint density at radius 3 is 2.40 bits per heavy atom. The molecule has 0 amide bonds. The van der Waals surface area contributed by atoms with E-state index in [1.54, 1.807) is 19.2 Å². The van der Waals surface area contributed by atoms with E-state index in [1.165, 1.54) is 0 Å². The van der Waals surface area contributed by atoms with Crippen LogP contribution in [0.15, 0.2) is 71.6 Å². The number of ether oxygens (including phenoxy) is 2. The van der Waals surface area contributed by atoms with Gasteiger partial charge in [0.15, 0.2) is 0 Å². The van der Waals surface area contributed by atoms with E-state index in [9.17, 15) is 8.42 Å². The van der Waals surface area contributed by atoms with Crippen molar-refractivity contribution in [2.45, 2.75) is 10.9 Å². The molecule has 1 N–H and O–H groups in total. The lowest BCUT2D eigenvalue weighted by molar-refractivity contribution is 0.0172. The number of morpholine rings is 1. The Morgan fingerprint density at radius 1 is 1.00 bits per heavy atom. The van der Waals surface area contributed by atoms with Crippen LogP contribution < -0.4 is 9.46 Å². The van der Waals surface area contributed by atoms with Crippen LogP contribution in [0.4, 0.5) is 0 Å².